The minimum atomic E-state index is -3.16. The van der Waals surface area contributed by atoms with Gasteiger partial charge in [-0.05, 0) is 27.0 Å². The third-order valence-corrected chi connectivity index (χ3v) is 4.18. The van der Waals surface area contributed by atoms with Gasteiger partial charge in [0.1, 0.15) is 5.75 Å². The van der Waals surface area contributed by atoms with E-state index in [2.05, 4.69) is 10.0 Å². The molecule has 0 aliphatic heterocycles. The lowest BCUT2D eigenvalue weighted by Gasteiger charge is -2.17. The largest absolute Gasteiger partial charge is 0.494 e. The van der Waals surface area contributed by atoms with Gasteiger partial charge >= 0.3 is 0 Å². The van der Waals surface area contributed by atoms with Crippen LogP contribution < -0.4 is 14.8 Å². The monoisotopic (exact) mass is 286 g/mol. The fourth-order valence-electron chi connectivity index (χ4n) is 1.75. The molecule has 108 valence electrons. The minimum absolute atomic E-state index is 0.0369. The Morgan fingerprint density at radius 1 is 1.32 bits per heavy atom. The number of hydrogen-bond donors (Lipinski definition) is 2. The number of sulfonamides is 1. The number of nitrogens with one attached hydrogen (secondary N) is 2. The highest BCUT2D eigenvalue weighted by molar-refractivity contribution is 7.89. The molecule has 0 bridgehead atoms. The summed E-state index contributed by atoms with van der Waals surface area (Å²) in [5.74, 6) is 0.895. The van der Waals surface area contributed by atoms with Gasteiger partial charge in [0, 0.05) is 18.2 Å². The fourth-order valence-corrected chi connectivity index (χ4v) is 2.34. The van der Waals surface area contributed by atoms with E-state index in [0.717, 1.165) is 11.3 Å². The van der Waals surface area contributed by atoms with Crippen molar-refractivity contribution < 1.29 is 13.2 Å². The molecule has 1 atom stereocenters. The topological polar surface area (TPSA) is 67.4 Å². The Morgan fingerprint density at radius 3 is 2.63 bits per heavy atom. The summed E-state index contributed by atoms with van der Waals surface area (Å²) in [6, 6.07) is 7.80. The number of hydrogen-bond acceptors (Lipinski definition) is 4. The van der Waals surface area contributed by atoms with Crippen molar-refractivity contribution in [1.82, 2.24) is 10.0 Å². The zero-order chi connectivity index (χ0) is 14.3. The van der Waals surface area contributed by atoms with Crippen LogP contribution in [0.4, 0.5) is 0 Å². The smallest absolute Gasteiger partial charge is 0.212 e. The van der Waals surface area contributed by atoms with E-state index in [1.165, 1.54) is 7.05 Å². The first kappa shape index (κ1) is 15.9. The Labute approximate surface area is 115 Å². The molecular formula is C13H22N2O3S. The molecule has 19 heavy (non-hydrogen) atoms. The van der Waals surface area contributed by atoms with Crippen LogP contribution in [-0.4, -0.2) is 34.4 Å². The maximum Gasteiger partial charge on any atom is 0.212 e. The maximum absolute atomic E-state index is 11.3. The van der Waals surface area contributed by atoms with Crippen molar-refractivity contribution in [3.05, 3.63) is 29.8 Å². The van der Waals surface area contributed by atoms with Gasteiger partial charge in [-0.25, -0.2) is 13.1 Å². The number of rotatable bonds is 8. The van der Waals surface area contributed by atoms with Crippen molar-refractivity contribution in [2.24, 2.45) is 0 Å². The Bertz CT molecular complexity index is 488. The van der Waals surface area contributed by atoms with Gasteiger partial charge in [0.15, 0.2) is 0 Å². The third-order valence-electron chi connectivity index (χ3n) is 2.82. The van der Waals surface area contributed by atoms with Crippen molar-refractivity contribution in [1.29, 1.82) is 0 Å². The van der Waals surface area contributed by atoms with Gasteiger partial charge < -0.3 is 10.1 Å². The first-order chi connectivity index (χ1) is 9.00. The molecule has 0 radical (unpaired) electrons. The van der Waals surface area contributed by atoms with E-state index < -0.39 is 10.0 Å². The Morgan fingerprint density at radius 2 is 2.00 bits per heavy atom. The van der Waals surface area contributed by atoms with E-state index in [-0.39, 0.29) is 11.8 Å². The maximum atomic E-state index is 11.3. The van der Waals surface area contributed by atoms with Gasteiger partial charge in [-0.2, -0.15) is 0 Å². The predicted molar refractivity (Wildman–Crippen MR) is 76.9 cm³/mol. The molecule has 0 amide bonds. The second-order valence-electron chi connectivity index (χ2n) is 4.17. The first-order valence-corrected chi connectivity index (χ1v) is 8.01. The molecule has 1 unspecified atom stereocenters. The van der Waals surface area contributed by atoms with Gasteiger partial charge in [0.2, 0.25) is 10.0 Å². The summed E-state index contributed by atoms with van der Waals surface area (Å²) in [5, 5.41) is 3.19. The second-order valence-corrected chi connectivity index (χ2v) is 6.22. The molecule has 2 N–H and O–H groups in total. The van der Waals surface area contributed by atoms with Crippen LogP contribution in [0.1, 0.15) is 25.5 Å². The highest BCUT2D eigenvalue weighted by atomic mass is 32.2. The van der Waals surface area contributed by atoms with Gasteiger partial charge in [-0.1, -0.05) is 18.2 Å². The predicted octanol–water partition coefficient (Wildman–Crippen LogP) is 1.29. The van der Waals surface area contributed by atoms with Crippen molar-refractivity contribution in [3.63, 3.8) is 0 Å². The molecule has 0 aliphatic rings. The lowest BCUT2D eigenvalue weighted by atomic mass is 10.1. The zero-order valence-corrected chi connectivity index (χ0v) is 12.5. The SMILES string of the molecule is CCOc1ccccc1C(C)NCCS(=O)(=O)NC. The molecular weight excluding hydrogens is 264 g/mol. The van der Waals surface area contributed by atoms with E-state index in [1.54, 1.807) is 0 Å². The summed E-state index contributed by atoms with van der Waals surface area (Å²) in [4.78, 5) is 0. The summed E-state index contributed by atoms with van der Waals surface area (Å²) in [6.07, 6.45) is 0. The Balaban J connectivity index is 2.61. The van der Waals surface area contributed by atoms with Crippen LogP contribution >= 0.6 is 0 Å². The van der Waals surface area contributed by atoms with Crippen LogP contribution in [0.3, 0.4) is 0 Å². The van der Waals surface area contributed by atoms with Crippen molar-refractivity contribution in [2.45, 2.75) is 19.9 Å². The summed E-state index contributed by atoms with van der Waals surface area (Å²) in [5.41, 5.74) is 1.03. The Hall–Kier alpha value is -1.11. The van der Waals surface area contributed by atoms with Crippen LogP contribution in [0.5, 0.6) is 5.75 Å². The summed E-state index contributed by atoms with van der Waals surface area (Å²) in [7, 11) is -1.74. The van der Waals surface area contributed by atoms with Crippen molar-refractivity contribution >= 4 is 10.0 Å². The van der Waals surface area contributed by atoms with Crippen LogP contribution in [-0.2, 0) is 10.0 Å². The molecule has 0 heterocycles. The highest BCUT2D eigenvalue weighted by Crippen LogP contribution is 2.24. The molecule has 1 rings (SSSR count). The van der Waals surface area contributed by atoms with Crippen LogP contribution in [0, 0.1) is 0 Å². The van der Waals surface area contributed by atoms with E-state index in [1.807, 2.05) is 38.1 Å². The summed E-state index contributed by atoms with van der Waals surface area (Å²) in [6.45, 7) is 4.93. The summed E-state index contributed by atoms with van der Waals surface area (Å²) >= 11 is 0. The molecule has 0 saturated heterocycles. The second kappa shape index (κ2) is 7.47. The standard InChI is InChI=1S/C13H22N2O3S/c1-4-18-13-8-6-5-7-12(13)11(2)15-9-10-19(16,17)14-3/h5-8,11,14-15H,4,9-10H2,1-3H3. The molecule has 1 aromatic rings. The average molecular weight is 286 g/mol. The molecule has 6 heteroatoms. The van der Waals surface area contributed by atoms with E-state index in [0.29, 0.717) is 13.2 Å². The molecule has 0 fully saturated rings. The minimum Gasteiger partial charge on any atom is -0.494 e. The molecule has 0 saturated carbocycles. The lowest BCUT2D eigenvalue weighted by molar-refractivity contribution is 0.332. The van der Waals surface area contributed by atoms with E-state index in [9.17, 15) is 8.42 Å². The normalized spacial score (nSPS) is 13.2. The third kappa shape index (κ3) is 5.18. The van der Waals surface area contributed by atoms with E-state index in [4.69, 9.17) is 4.74 Å². The van der Waals surface area contributed by atoms with Crippen molar-refractivity contribution in [2.75, 3.05) is 26.0 Å². The molecule has 0 spiro atoms. The molecule has 0 aromatic heterocycles. The quantitative estimate of drug-likeness (QED) is 0.755. The van der Waals surface area contributed by atoms with Crippen LogP contribution in [0.2, 0.25) is 0 Å². The average Bonchev–Trinajstić information content (AvgIpc) is 2.39. The van der Waals surface area contributed by atoms with Gasteiger partial charge in [0.05, 0.1) is 12.4 Å². The highest BCUT2D eigenvalue weighted by Gasteiger charge is 2.12. The lowest BCUT2D eigenvalue weighted by Crippen LogP contribution is -2.31. The molecule has 5 nitrogen and oxygen atoms in total. The van der Waals surface area contributed by atoms with Gasteiger partial charge in [0.25, 0.3) is 0 Å². The van der Waals surface area contributed by atoms with Crippen molar-refractivity contribution in [3.8, 4) is 5.75 Å². The number of para-hydroxylation sites is 1. The number of benzene rings is 1. The van der Waals surface area contributed by atoms with Gasteiger partial charge in [-0.3, -0.25) is 0 Å². The van der Waals surface area contributed by atoms with Gasteiger partial charge in [-0.15, -0.1) is 0 Å². The first-order valence-electron chi connectivity index (χ1n) is 6.36. The Kier molecular flexibility index (Phi) is 6.27. The van der Waals surface area contributed by atoms with Crippen LogP contribution in [0.15, 0.2) is 24.3 Å². The zero-order valence-electron chi connectivity index (χ0n) is 11.6. The molecule has 0 aliphatic carbocycles. The van der Waals surface area contributed by atoms with E-state index >= 15 is 0 Å². The number of ether oxygens (including phenoxy) is 1. The fraction of sp³-hybridized carbons (Fsp3) is 0.538. The molecule has 1 aromatic carbocycles. The summed E-state index contributed by atoms with van der Waals surface area (Å²) < 4.78 is 30.5. The van der Waals surface area contributed by atoms with Crippen LogP contribution in [0.25, 0.3) is 0 Å².